The molecule has 0 spiro atoms. The Balaban J connectivity index is 1.99. The van der Waals surface area contributed by atoms with Crippen molar-refractivity contribution in [1.82, 2.24) is 5.32 Å². The van der Waals surface area contributed by atoms with Crippen molar-refractivity contribution in [3.05, 3.63) is 35.9 Å². The first-order valence-corrected chi connectivity index (χ1v) is 7.86. The molecular formula is C18H29N. The molecule has 0 heterocycles. The normalized spacial score (nSPS) is 19.3. The summed E-state index contributed by atoms with van der Waals surface area (Å²) in [7, 11) is 0. The fourth-order valence-electron chi connectivity index (χ4n) is 3.25. The molecule has 19 heavy (non-hydrogen) atoms. The lowest BCUT2D eigenvalue weighted by Gasteiger charge is -2.34. The van der Waals surface area contributed by atoms with Gasteiger partial charge in [0.25, 0.3) is 0 Å². The minimum absolute atomic E-state index is 0.260. The zero-order chi connectivity index (χ0) is 13.7. The molecule has 0 radical (unpaired) electrons. The largest absolute Gasteiger partial charge is 0.309 e. The summed E-state index contributed by atoms with van der Waals surface area (Å²) >= 11 is 0. The number of rotatable bonds is 4. The van der Waals surface area contributed by atoms with Gasteiger partial charge in [-0.05, 0) is 36.3 Å². The zero-order valence-electron chi connectivity index (χ0n) is 12.8. The number of benzene rings is 1. The van der Waals surface area contributed by atoms with Crippen LogP contribution in [0, 0.1) is 11.3 Å². The van der Waals surface area contributed by atoms with E-state index in [0.717, 1.165) is 5.92 Å². The Kier molecular flexibility index (Phi) is 5.04. The molecule has 2 rings (SSSR count). The maximum atomic E-state index is 3.85. The lowest BCUT2D eigenvalue weighted by Crippen LogP contribution is -2.35. The Hall–Kier alpha value is -0.820. The third kappa shape index (κ3) is 4.35. The SMILES string of the molecule is CC(C)(C)C(NCC1CCCCC1)c1ccccc1. The molecule has 0 bridgehead atoms. The molecular weight excluding hydrogens is 230 g/mol. The van der Waals surface area contributed by atoms with Gasteiger partial charge in [-0.15, -0.1) is 0 Å². The molecule has 1 N–H and O–H groups in total. The van der Waals surface area contributed by atoms with Gasteiger partial charge >= 0.3 is 0 Å². The highest BCUT2D eigenvalue weighted by Gasteiger charge is 2.26. The summed E-state index contributed by atoms with van der Waals surface area (Å²) in [5.74, 6) is 0.891. The van der Waals surface area contributed by atoms with Crippen molar-refractivity contribution in [2.75, 3.05) is 6.54 Å². The molecule has 1 heteroatoms. The first kappa shape index (κ1) is 14.6. The fraction of sp³-hybridized carbons (Fsp3) is 0.667. The van der Waals surface area contributed by atoms with E-state index in [4.69, 9.17) is 0 Å². The summed E-state index contributed by atoms with van der Waals surface area (Å²) < 4.78 is 0. The van der Waals surface area contributed by atoms with Crippen LogP contribution in [0.4, 0.5) is 0 Å². The van der Waals surface area contributed by atoms with Crippen molar-refractivity contribution < 1.29 is 0 Å². The first-order valence-electron chi connectivity index (χ1n) is 7.86. The van der Waals surface area contributed by atoms with Crippen molar-refractivity contribution in [2.24, 2.45) is 11.3 Å². The van der Waals surface area contributed by atoms with E-state index in [-0.39, 0.29) is 5.41 Å². The molecule has 1 unspecified atom stereocenters. The van der Waals surface area contributed by atoms with Gasteiger partial charge < -0.3 is 5.32 Å². The second kappa shape index (κ2) is 6.56. The lowest BCUT2D eigenvalue weighted by molar-refractivity contribution is 0.243. The van der Waals surface area contributed by atoms with Crippen LogP contribution in [0.5, 0.6) is 0 Å². The molecule has 1 aliphatic rings. The van der Waals surface area contributed by atoms with E-state index in [1.807, 2.05) is 0 Å². The van der Waals surface area contributed by atoms with Gasteiger partial charge in [-0.3, -0.25) is 0 Å². The molecule has 0 amide bonds. The maximum absolute atomic E-state index is 3.85. The molecule has 1 aromatic rings. The van der Waals surface area contributed by atoms with Gasteiger partial charge in [-0.1, -0.05) is 70.4 Å². The predicted octanol–water partition coefficient (Wildman–Crippen LogP) is 4.94. The van der Waals surface area contributed by atoms with Gasteiger partial charge in [0.1, 0.15) is 0 Å². The average Bonchev–Trinajstić information content (AvgIpc) is 2.40. The zero-order valence-corrected chi connectivity index (χ0v) is 12.8. The monoisotopic (exact) mass is 259 g/mol. The number of hydrogen-bond acceptors (Lipinski definition) is 1. The smallest absolute Gasteiger partial charge is 0.0369 e. The van der Waals surface area contributed by atoms with Crippen LogP contribution >= 0.6 is 0 Å². The van der Waals surface area contributed by atoms with Crippen molar-refractivity contribution >= 4 is 0 Å². The van der Waals surface area contributed by atoms with Crippen molar-refractivity contribution in [2.45, 2.75) is 58.9 Å². The third-order valence-electron chi connectivity index (χ3n) is 4.33. The fourth-order valence-corrected chi connectivity index (χ4v) is 3.25. The highest BCUT2D eigenvalue weighted by atomic mass is 14.9. The molecule has 106 valence electrons. The summed E-state index contributed by atoms with van der Waals surface area (Å²) in [5, 5.41) is 3.85. The Morgan fingerprint density at radius 1 is 1.05 bits per heavy atom. The van der Waals surface area contributed by atoms with Gasteiger partial charge in [-0.2, -0.15) is 0 Å². The molecule has 0 aliphatic heterocycles. The molecule has 0 aromatic heterocycles. The first-order chi connectivity index (χ1) is 9.07. The molecule has 1 atom stereocenters. The van der Waals surface area contributed by atoms with Gasteiger partial charge in [0.15, 0.2) is 0 Å². The summed E-state index contributed by atoms with van der Waals surface area (Å²) in [6.07, 6.45) is 7.13. The van der Waals surface area contributed by atoms with Gasteiger partial charge in [0, 0.05) is 6.04 Å². The molecule has 1 nitrogen and oxygen atoms in total. The number of hydrogen-bond donors (Lipinski definition) is 1. The van der Waals surface area contributed by atoms with Crippen LogP contribution < -0.4 is 5.32 Å². The van der Waals surface area contributed by atoms with Crippen LogP contribution in [0.3, 0.4) is 0 Å². The van der Waals surface area contributed by atoms with Crippen molar-refractivity contribution in [3.8, 4) is 0 Å². The lowest BCUT2D eigenvalue weighted by atomic mass is 9.81. The molecule has 0 saturated heterocycles. The van der Waals surface area contributed by atoms with E-state index in [2.05, 4.69) is 56.4 Å². The van der Waals surface area contributed by atoms with Gasteiger partial charge in [0.05, 0.1) is 0 Å². The van der Waals surface area contributed by atoms with Crippen molar-refractivity contribution in [1.29, 1.82) is 0 Å². The van der Waals surface area contributed by atoms with E-state index in [1.54, 1.807) is 0 Å². The Morgan fingerprint density at radius 2 is 1.68 bits per heavy atom. The van der Waals surface area contributed by atoms with E-state index in [1.165, 1.54) is 44.2 Å². The topological polar surface area (TPSA) is 12.0 Å². The summed E-state index contributed by atoms with van der Waals surface area (Å²) in [4.78, 5) is 0. The summed E-state index contributed by atoms with van der Waals surface area (Å²) in [5.41, 5.74) is 1.68. The predicted molar refractivity (Wildman–Crippen MR) is 83.2 cm³/mol. The van der Waals surface area contributed by atoms with Crippen LogP contribution in [0.15, 0.2) is 30.3 Å². The minimum Gasteiger partial charge on any atom is -0.309 e. The summed E-state index contributed by atoms with van der Waals surface area (Å²) in [6, 6.07) is 11.4. The van der Waals surface area contributed by atoms with E-state index >= 15 is 0 Å². The van der Waals surface area contributed by atoms with Crippen LogP contribution in [0.1, 0.15) is 64.5 Å². The van der Waals surface area contributed by atoms with Gasteiger partial charge in [-0.25, -0.2) is 0 Å². The Labute approximate surface area is 118 Å². The molecule has 1 fully saturated rings. The van der Waals surface area contributed by atoms with Crippen LogP contribution in [-0.4, -0.2) is 6.54 Å². The standard InChI is InChI=1S/C18H29N/c1-18(2,3)17(16-12-8-5-9-13-16)19-14-15-10-6-4-7-11-15/h5,8-9,12-13,15,17,19H,4,6-7,10-11,14H2,1-3H3. The van der Waals surface area contributed by atoms with E-state index < -0.39 is 0 Å². The van der Waals surface area contributed by atoms with Gasteiger partial charge in [0.2, 0.25) is 0 Å². The average molecular weight is 259 g/mol. The molecule has 1 aliphatic carbocycles. The van der Waals surface area contributed by atoms with E-state index in [0.29, 0.717) is 6.04 Å². The van der Waals surface area contributed by atoms with Crippen LogP contribution in [0.2, 0.25) is 0 Å². The van der Waals surface area contributed by atoms with E-state index in [9.17, 15) is 0 Å². The maximum Gasteiger partial charge on any atom is 0.0369 e. The highest BCUT2D eigenvalue weighted by molar-refractivity contribution is 5.20. The Morgan fingerprint density at radius 3 is 2.26 bits per heavy atom. The molecule has 1 saturated carbocycles. The second-order valence-corrected chi connectivity index (χ2v) is 7.12. The minimum atomic E-state index is 0.260. The number of nitrogens with one attached hydrogen (secondary N) is 1. The Bertz CT molecular complexity index is 357. The second-order valence-electron chi connectivity index (χ2n) is 7.12. The summed E-state index contributed by atoms with van der Waals surface area (Å²) in [6.45, 7) is 8.17. The van der Waals surface area contributed by atoms with Crippen molar-refractivity contribution in [3.63, 3.8) is 0 Å². The molecule has 1 aromatic carbocycles. The van der Waals surface area contributed by atoms with Crippen LogP contribution in [0.25, 0.3) is 0 Å². The highest BCUT2D eigenvalue weighted by Crippen LogP contribution is 2.33. The third-order valence-corrected chi connectivity index (χ3v) is 4.33. The van der Waals surface area contributed by atoms with Crippen LogP contribution in [-0.2, 0) is 0 Å². The quantitative estimate of drug-likeness (QED) is 0.807.